The van der Waals surface area contributed by atoms with Crippen molar-refractivity contribution in [2.24, 2.45) is 4.99 Å². The molecule has 0 amide bonds. The van der Waals surface area contributed by atoms with E-state index in [1.54, 1.807) is 0 Å². The second-order valence-electron chi connectivity index (χ2n) is 4.64. The molecule has 18 heavy (non-hydrogen) atoms. The molecule has 0 bridgehead atoms. The Hall–Kier alpha value is -0.390. The zero-order chi connectivity index (χ0) is 11.7. The lowest BCUT2D eigenvalue weighted by molar-refractivity contribution is -0.449. The molecule has 0 radical (unpaired) electrons. The van der Waals surface area contributed by atoms with Gasteiger partial charge in [-0.3, -0.25) is 0 Å². The van der Waals surface area contributed by atoms with Crippen molar-refractivity contribution in [3.8, 4) is 0 Å². The Morgan fingerprint density at radius 2 is 2.06 bits per heavy atom. The third-order valence-electron chi connectivity index (χ3n) is 3.50. The number of hydrogen-bond donors (Lipinski definition) is 2. The van der Waals surface area contributed by atoms with Crippen LogP contribution >= 0.6 is 15.9 Å². The van der Waals surface area contributed by atoms with Crippen LogP contribution in [-0.2, 0) is 12.8 Å². The van der Waals surface area contributed by atoms with Gasteiger partial charge >= 0.3 is 0 Å². The first-order valence-corrected chi connectivity index (χ1v) is 7.07. The van der Waals surface area contributed by atoms with Crippen LogP contribution < -0.4 is 27.6 Å². The number of aryl methyl sites for hydroxylation is 1. The first kappa shape index (κ1) is 14.0. The van der Waals surface area contributed by atoms with Gasteiger partial charge in [0, 0.05) is 12.1 Å². The molecule has 2 aliphatic rings. The van der Waals surface area contributed by atoms with E-state index in [9.17, 15) is 0 Å². The summed E-state index contributed by atoms with van der Waals surface area (Å²) in [7, 11) is 0. The molecular formula is C13H17Br2N3. The van der Waals surface area contributed by atoms with Crippen molar-refractivity contribution < 1.29 is 22.3 Å². The van der Waals surface area contributed by atoms with E-state index < -0.39 is 0 Å². The highest BCUT2D eigenvalue weighted by Crippen LogP contribution is 2.30. The average Bonchev–Trinajstić information content (AvgIpc) is 2.86. The van der Waals surface area contributed by atoms with Gasteiger partial charge in [-0.05, 0) is 53.2 Å². The maximum atomic E-state index is 4.45. The summed E-state index contributed by atoms with van der Waals surface area (Å²) in [5, 5.41) is 5.51. The molecule has 5 heteroatoms. The quantitative estimate of drug-likeness (QED) is 0.576. The van der Waals surface area contributed by atoms with Gasteiger partial charge in [0.1, 0.15) is 0 Å². The molecule has 3 N–H and O–H groups in total. The molecule has 0 fully saturated rings. The maximum absolute atomic E-state index is 4.45. The first-order chi connectivity index (χ1) is 8.34. The summed E-state index contributed by atoms with van der Waals surface area (Å²) in [5.74, 6) is 1.03. The number of fused-ring (bicyclic) bond motifs is 1. The van der Waals surface area contributed by atoms with Crippen molar-refractivity contribution in [3.63, 3.8) is 0 Å². The Morgan fingerprint density at radius 3 is 2.83 bits per heavy atom. The predicted octanol–water partition coefficient (Wildman–Crippen LogP) is -1.51. The van der Waals surface area contributed by atoms with Crippen LogP contribution in [0.2, 0.25) is 0 Å². The highest BCUT2D eigenvalue weighted by Gasteiger charge is 2.21. The smallest absolute Gasteiger partial charge is 0.299 e. The number of aliphatic imine (C=N–C) groups is 1. The van der Waals surface area contributed by atoms with Gasteiger partial charge in [0.05, 0.1) is 11.0 Å². The van der Waals surface area contributed by atoms with Crippen molar-refractivity contribution in [1.29, 1.82) is 0 Å². The molecule has 1 aliphatic carbocycles. The Morgan fingerprint density at radius 1 is 1.22 bits per heavy atom. The van der Waals surface area contributed by atoms with Crippen LogP contribution in [-0.4, -0.2) is 19.0 Å². The number of benzene rings is 1. The van der Waals surface area contributed by atoms with Crippen LogP contribution in [0.5, 0.6) is 0 Å². The zero-order valence-corrected chi connectivity index (χ0v) is 13.3. The van der Waals surface area contributed by atoms with Gasteiger partial charge in [0.2, 0.25) is 0 Å². The molecule has 3 nitrogen and oxygen atoms in total. The minimum atomic E-state index is 0. The number of nitrogens with one attached hydrogen (secondary N) is 1. The van der Waals surface area contributed by atoms with E-state index in [0.29, 0.717) is 0 Å². The van der Waals surface area contributed by atoms with E-state index in [1.165, 1.54) is 47.0 Å². The molecule has 0 atom stereocenters. The summed E-state index contributed by atoms with van der Waals surface area (Å²) in [5.41, 5.74) is 4.36. The summed E-state index contributed by atoms with van der Waals surface area (Å²) in [6, 6.07) is 4.44. The van der Waals surface area contributed by atoms with Crippen molar-refractivity contribution in [2.75, 3.05) is 13.1 Å². The monoisotopic (exact) mass is 373 g/mol. The maximum Gasteiger partial charge on any atom is 0.299 e. The number of nitrogens with zero attached hydrogens (tertiary/aromatic N) is 1. The summed E-state index contributed by atoms with van der Waals surface area (Å²) >= 11 is 3.67. The molecular weight excluding hydrogens is 358 g/mol. The van der Waals surface area contributed by atoms with Crippen LogP contribution in [0.25, 0.3) is 0 Å². The fourth-order valence-corrected chi connectivity index (χ4v) is 3.12. The SMILES string of the molecule is Brc1ccc2c(c1[NH2+]C1=NCCN1)CCCC2.[Br-]. The molecule has 0 aromatic heterocycles. The standard InChI is InChI=1S/C13H16BrN3.BrH/c14-11-6-5-9-3-1-2-4-10(9)12(11)17-13-15-7-8-16-13;/h5-6H,1-4,7-8H2,(H2,15,16,17);1H. The Balaban J connectivity index is 0.00000120. The topological polar surface area (TPSA) is 41.0 Å². The minimum Gasteiger partial charge on any atom is -1.00 e. The number of guanidine groups is 1. The highest BCUT2D eigenvalue weighted by molar-refractivity contribution is 9.10. The van der Waals surface area contributed by atoms with Crippen molar-refractivity contribution in [1.82, 2.24) is 5.32 Å². The lowest BCUT2D eigenvalue weighted by Gasteiger charge is -2.18. The van der Waals surface area contributed by atoms with Gasteiger partial charge < -0.3 is 22.3 Å². The fraction of sp³-hybridized carbons (Fsp3) is 0.462. The highest BCUT2D eigenvalue weighted by atomic mass is 79.9. The zero-order valence-electron chi connectivity index (χ0n) is 10.2. The summed E-state index contributed by atoms with van der Waals surface area (Å²) in [4.78, 5) is 4.45. The van der Waals surface area contributed by atoms with Crippen LogP contribution in [0.3, 0.4) is 0 Å². The van der Waals surface area contributed by atoms with E-state index in [-0.39, 0.29) is 17.0 Å². The lowest BCUT2D eigenvalue weighted by Crippen LogP contribution is -3.00. The molecule has 0 saturated heterocycles. The van der Waals surface area contributed by atoms with Crippen molar-refractivity contribution in [2.45, 2.75) is 25.7 Å². The number of halogens is 2. The van der Waals surface area contributed by atoms with Gasteiger partial charge in [-0.2, -0.15) is 0 Å². The molecule has 1 heterocycles. The van der Waals surface area contributed by atoms with Crippen molar-refractivity contribution >= 4 is 27.6 Å². The molecule has 1 aliphatic heterocycles. The molecule has 0 unspecified atom stereocenters. The van der Waals surface area contributed by atoms with Crippen LogP contribution in [0, 0.1) is 0 Å². The van der Waals surface area contributed by atoms with E-state index in [2.05, 4.69) is 43.7 Å². The third kappa shape index (κ3) is 2.78. The van der Waals surface area contributed by atoms with Crippen LogP contribution in [0.1, 0.15) is 24.0 Å². The Labute approximate surface area is 126 Å². The Bertz CT molecular complexity index is 472. The Kier molecular flexibility index (Phi) is 4.81. The van der Waals surface area contributed by atoms with Gasteiger partial charge in [0.15, 0.2) is 5.69 Å². The lowest BCUT2D eigenvalue weighted by atomic mass is 9.90. The molecule has 0 spiro atoms. The first-order valence-electron chi connectivity index (χ1n) is 6.28. The van der Waals surface area contributed by atoms with E-state index in [4.69, 9.17) is 0 Å². The average molecular weight is 375 g/mol. The summed E-state index contributed by atoms with van der Waals surface area (Å²) in [6.45, 7) is 1.87. The fourth-order valence-electron chi connectivity index (χ4n) is 2.63. The molecule has 1 aromatic carbocycles. The number of rotatable bonds is 1. The van der Waals surface area contributed by atoms with Gasteiger partial charge in [-0.1, -0.05) is 6.07 Å². The normalized spacial score (nSPS) is 17.5. The number of quaternary nitrogens is 1. The second-order valence-corrected chi connectivity index (χ2v) is 5.50. The number of hydrogen-bond acceptors (Lipinski definition) is 2. The van der Waals surface area contributed by atoms with E-state index in [1.807, 2.05) is 0 Å². The van der Waals surface area contributed by atoms with Crippen LogP contribution in [0.15, 0.2) is 21.6 Å². The molecule has 3 rings (SSSR count). The van der Waals surface area contributed by atoms with Gasteiger partial charge in [0.25, 0.3) is 5.96 Å². The van der Waals surface area contributed by atoms with Crippen LogP contribution in [0.4, 0.5) is 5.69 Å². The van der Waals surface area contributed by atoms with Crippen molar-refractivity contribution in [3.05, 3.63) is 27.7 Å². The molecule has 98 valence electrons. The second kappa shape index (κ2) is 6.17. The summed E-state index contributed by atoms with van der Waals surface area (Å²) < 4.78 is 1.19. The predicted molar refractivity (Wildman–Crippen MR) is 72.7 cm³/mol. The third-order valence-corrected chi connectivity index (χ3v) is 4.20. The van der Waals surface area contributed by atoms with Gasteiger partial charge in [-0.25, -0.2) is 10.3 Å². The van der Waals surface area contributed by atoms with E-state index >= 15 is 0 Å². The largest absolute Gasteiger partial charge is 1.00 e. The molecule has 0 saturated carbocycles. The minimum absolute atomic E-state index is 0. The number of nitrogens with two attached hydrogens (primary N) is 1. The van der Waals surface area contributed by atoms with Gasteiger partial charge in [-0.15, -0.1) is 0 Å². The summed E-state index contributed by atoms with van der Waals surface area (Å²) in [6.07, 6.45) is 5.06. The molecule has 1 aromatic rings. The van der Waals surface area contributed by atoms with E-state index in [0.717, 1.165) is 19.0 Å².